The number of carbonyl (C=O) groups excluding carboxylic acids is 1. The summed E-state index contributed by atoms with van der Waals surface area (Å²) in [5.41, 5.74) is 0.609. The first-order chi connectivity index (χ1) is 10.5. The first-order valence-corrected chi connectivity index (χ1v) is 8.44. The smallest absolute Gasteiger partial charge is 0.262 e. The van der Waals surface area contributed by atoms with Gasteiger partial charge in [-0.3, -0.25) is 14.2 Å². The van der Waals surface area contributed by atoms with Crippen molar-refractivity contribution in [3.05, 3.63) is 34.6 Å². The van der Waals surface area contributed by atoms with Crippen molar-refractivity contribution in [1.29, 1.82) is 0 Å². The largest absolute Gasteiger partial charge is 0.355 e. The third kappa shape index (κ3) is 3.68. The van der Waals surface area contributed by atoms with Gasteiger partial charge in [-0.15, -0.1) is 0 Å². The highest BCUT2D eigenvalue weighted by atomic mass is 32.2. The molecule has 1 aromatic heterocycles. The Morgan fingerprint density at radius 1 is 1.36 bits per heavy atom. The Hall–Kier alpha value is -1.82. The normalized spacial score (nSPS) is 11.1. The van der Waals surface area contributed by atoms with Gasteiger partial charge in [0.25, 0.3) is 5.56 Å². The minimum atomic E-state index is -0.0583. The van der Waals surface area contributed by atoms with E-state index in [2.05, 4.69) is 10.3 Å². The van der Waals surface area contributed by atoms with Gasteiger partial charge in [0.15, 0.2) is 5.16 Å². The fourth-order valence-electron chi connectivity index (χ4n) is 2.13. The molecule has 1 aromatic carbocycles. The zero-order valence-corrected chi connectivity index (χ0v) is 13.9. The molecular weight excluding hydrogens is 298 g/mol. The second-order valence-corrected chi connectivity index (χ2v) is 6.26. The second-order valence-electron chi connectivity index (χ2n) is 5.32. The van der Waals surface area contributed by atoms with Crippen LogP contribution in [0.1, 0.15) is 33.2 Å². The standard InChI is InChI=1S/C16H21N3O2S/c1-4-9-17-14(20)10-22-16-18-13-8-6-5-7-12(13)15(21)19(16)11(2)3/h5-8,11H,4,9-10H2,1-3H3,(H,17,20). The number of nitrogens with one attached hydrogen (secondary N) is 1. The molecule has 0 aliphatic carbocycles. The Kier molecular flexibility index (Phi) is 5.60. The van der Waals surface area contributed by atoms with Crippen LogP contribution in [-0.2, 0) is 4.79 Å². The fraction of sp³-hybridized carbons (Fsp3) is 0.438. The number of hydrogen-bond acceptors (Lipinski definition) is 4. The molecular formula is C16H21N3O2S. The number of rotatable bonds is 6. The molecule has 0 bridgehead atoms. The van der Waals surface area contributed by atoms with Gasteiger partial charge in [0.2, 0.25) is 5.91 Å². The fourth-order valence-corrected chi connectivity index (χ4v) is 3.09. The average Bonchev–Trinajstić information content (AvgIpc) is 2.50. The Labute approximate surface area is 134 Å². The monoisotopic (exact) mass is 319 g/mol. The van der Waals surface area contributed by atoms with Crippen LogP contribution in [0.15, 0.2) is 34.2 Å². The van der Waals surface area contributed by atoms with E-state index in [9.17, 15) is 9.59 Å². The molecule has 0 atom stereocenters. The Morgan fingerprint density at radius 3 is 2.77 bits per heavy atom. The predicted octanol–water partition coefficient (Wildman–Crippen LogP) is 2.60. The van der Waals surface area contributed by atoms with Crippen molar-refractivity contribution in [2.45, 2.75) is 38.4 Å². The van der Waals surface area contributed by atoms with Crippen molar-refractivity contribution in [3.8, 4) is 0 Å². The molecule has 2 rings (SSSR count). The molecule has 2 aromatic rings. The average molecular weight is 319 g/mol. The molecule has 0 spiro atoms. The van der Waals surface area contributed by atoms with Crippen LogP contribution >= 0.6 is 11.8 Å². The van der Waals surface area contributed by atoms with E-state index in [1.54, 1.807) is 10.6 Å². The highest BCUT2D eigenvalue weighted by Crippen LogP contribution is 2.20. The van der Waals surface area contributed by atoms with Crippen molar-refractivity contribution in [1.82, 2.24) is 14.9 Å². The van der Waals surface area contributed by atoms with E-state index in [0.29, 0.717) is 22.6 Å². The number of thioether (sulfide) groups is 1. The number of aromatic nitrogens is 2. The van der Waals surface area contributed by atoms with Gasteiger partial charge in [-0.1, -0.05) is 30.8 Å². The summed E-state index contributed by atoms with van der Waals surface area (Å²) in [6.07, 6.45) is 0.904. The number of fused-ring (bicyclic) bond motifs is 1. The van der Waals surface area contributed by atoms with Crippen molar-refractivity contribution in [3.63, 3.8) is 0 Å². The lowest BCUT2D eigenvalue weighted by Crippen LogP contribution is -2.28. The van der Waals surface area contributed by atoms with Crippen LogP contribution in [0.25, 0.3) is 10.9 Å². The Morgan fingerprint density at radius 2 is 2.09 bits per heavy atom. The van der Waals surface area contributed by atoms with Gasteiger partial charge < -0.3 is 5.32 Å². The Balaban J connectivity index is 2.33. The molecule has 1 N–H and O–H groups in total. The molecule has 0 fully saturated rings. The summed E-state index contributed by atoms with van der Waals surface area (Å²) in [4.78, 5) is 28.9. The molecule has 0 radical (unpaired) electrons. The minimum absolute atomic E-state index is 0.00851. The molecule has 6 heteroatoms. The topological polar surface area (TPSA) is 64.0 Å². The van der Waals surface area contributed by atoms with E-state index in [4.69, 9.17) is 0 Å². The molecule has 0 aliphatic heterocycles. The summed E-state index contributed by atoms with van der Waals surface area (Å²) in [7, 11) is 0. The first kappa shape index (κ1) is 16.5. The molecule has 0 saturated heterocycles. The van der Waals surface area contributed by atoms with Gasteiger partial charge in [-0.05, 0) is 32.4 Å². The summed E-state index contributed by atoms with van der Waals surface area (Å²) in [6.45, 7) is 6.56. The van der Waals surface area contributed by atoms with Crippen LogP contribution in [0, 0.1) is 0 Å². The predicted molar refractivity (Wildman–Crippen MR) is 90.4 cm³/mol. The molecule has 1 amide bonds. The number of hydrogen-bond donors (Lipinski definition) is 1. The number of carbonyl (C=O) groups is 1. The maximum atomic E-state index is 12.6. The molecule has 0 saturated carbocycles. The highest BCUT2D eigenvalue weighted by molar-refractivity contribution is 7.99. The lowest BCUT2D eigenvalue weighted by molar-refractivity contribution is -0.118. The van der Waals surface area contributed by atoms with Crippen LogP contribution in [-0.4, -0.2) is 27.8 Å². The second kappa shape index (κ2) is 7.45. The lowest BCUT2D eigenvalue weighted by Gasteiger charge is -2.16. The maximum absolute atomic E-state index is 12.6. The summed E-state index contributed by atoms with van der Waals surface area (Å²) in [6, 6.07) is 7.29. The van der Waals surface area contributed by atoms with E-state index in [1.807, 2.05) is 39.0 Å². The zero-order chi connectivity index (χ0) is 16.1. The van der Waals surface area contributed by atoms with Crippen molar-refractivity contribution in [2.24, 2.45) is 0 Å². The third-order valence-electron chi connectivity index (χ3n) is 3.20. The zero-order valence-electron chi connectivity index (χ0n) is 13.1. The molecule has 118 valence electrons. The molecule has 0 unspecified atom stereocenters. The van der Waals surface area contributed by atoms with E-state index in [1.165, 1.54) is 11.8 Å². The van der Waals surface area contributed by atoms with Crippen LogP contribution < -0.4 is 10.9 Å². The van der Waals surface area contributed by atoms with Crippen LogP contribution in [0.2, 0.25) is 0 Å². The van der Waals surface area contributed by atoms with Crippen LogP contribution in [0.3, 0.4) is 0 Å². The van der Waals surface area contributed by atoms with Crippen LogP contribution in [0.4, 0.5) is 0 Å². The Bertz CT molecular complexity index is 725. The number of benzene rings is 1. The minimum Gasteiger partial charge on any atom is -0.355 e. The van der Waals surface area contributed by atoms with E-state index < -0.39 is 0 Å². The number of para-hydroxylation sites is 1. The van der Waals surface area contributed by atoms with Crippen LogP contribution in [0.5, 0.6) is 0 Å². The van der Waals surface area contributed by atoms with Gasteiger partial charge in [0.05, 0.1) is 16.7 Å². The summed E-state index contributed by atoms with van der Waals surface area (Å²) >= 11 is 1.30. The van der Waals surface area contributed by atoms with Crippen molar-refractivity contribution in [2.75, 3.05) is 12.3 Å². The maximum Gasteiger partial charge on any atom is 0.262 e. The molecule has 0 aliphatic rings. The summed E-state index contributed by atoms with van der Waals surface area (Å²) < 4.78 is 1.65. The molecule has 5 nitrogen and oxygen atoms in total. The van der Waals surface area contributed by atoms with Gasteiger partial charge in [-0.2, -0.15) is 0 Å². The highest BCUT2D eigenvalue weighted by Gasteiger charge is 2.14. The quantitative estimate of drug-likeness (QED) is 0.656. The SMILES string of the molecule is CCCNC(=O)CSc1nc2ccccc2c(=O)n1C(C)C. The number of amides is 1. The van der Waals surface area contributed by atoms with E-state index >= 15 is 0 Å². The van der Waals surface area contributed by atoms with E-state index in [-0.39, 0.29) is 23.3 Å². The van der Waals surface area contributed by atoms with Crippen molar-refractivity contribution < 1.29 is 4.79 Å². The lowest BCUT2D eigenvalue weighted by atomic mass is 10.2. The van der Waals surface area contributed by atoms with Crippen molar-refractivity contribution >= 4 is 28.6 Å². The third-order valence-corrected chi connectivity index (χ3v) is 4.15. The molecule has 1 heterocycles. The number of nitrogens with zero attached hydrogens (tertiary/aromatic N) is 2. The van der Waals surface area contributed by atoms with Gasteiger partial charge in [0, 0.05) is 12.6 Å². The van der Waals surface area contributed by atoms with E-state index in [0.717, 1.165) is 6.42 Å². The summed E-state index contributed by atoms with van der Waals surface area (Å²) in [5, 5.41) is 4.02. The molecule has 22 heavy (non-hydrogen) atoms. The first-order valence-electron chi connectivity index (χ1n) is 7.45. The van der Waals surface area contributed by atoms with Gasteiger partial charge >= 0.3 is 0 Å². The van der Waals surface area contributed by atoms with Gasteiger partial charge in [0.1, 0.15) is 0 Å². The summed E-state index contributed by atoms with van der Waals surface area (Å²) in [5.74, 6) is 0.224. The van der Waals surface area contributed by atoms with Gasteiger partial charge in [-0.25, -0.2) is 4.98 Å².